The summed E-state index contributed by atoms with van der Waals surface area (Å²) >= 11 is 0. The minimum atomic E-state index is 0.219. The van der Waals surface area contributed by atoms with Crippen molar-refractivity contribution in [2.45, 2.75) is 37.8 Å². The van der Waals surface area contributed by atoms with E-state index in [-0.39, 0.29) is 6.29 Å². The van der Waals surface area contributed by atoms with Crippen LogP contribution in [0.5, 0.6) is 0 Å². The van der Waals surface area contributed by atoms with Gasteiger partial charge in [0.05, 0.1) is 6.10 Å². The number of ether oxygens (including phenoxy) is 2. The summed E-state index contributed by atoms with van der Waals surface area (Å²) in [7, 11) is 0. The molecule has 0 aromatic carbocycles. The molecule has 0 spiro atoms. The molecule has 4 atom stereocenters. The van der Waals surface area contributed by atoms with Crippen molar-refractivity contribution in [3.05, 3.63) is 0 Å². The van der Waals surface area contributed by atoms with Gasteiger partial charge in [-0.2, -0.15) is 0 Å². The van der Waals surface area contributed by atoms with Crippen molar-refractivity contribution in [1.82, 2.24) is 0 Å². The van der Waals surface area contributed by atoms with E-state index < -0.39 is 0 Å². The Kier molecular flexibility index (Phi) is 0.691. The zero-order chi connectivity index (χ0) is 5.84. The molecule has 0 N–H and O–H groups in total. The monoisotopic (exact) mass is 126 g/mol. The van der Waals surface area contributed by atoms with Crippen LogP contribution in [-0.4, -0.2) is 18.5 Å². The summed E-state index contributed by atoms with van der Waals surface area (Å²) in [4.78, 5) is 0. The van der Waals surface area contributed by atoms with Crippen LogP contribution in [0.25, 0.3) is 0 Å². The van der Waals surface area contributed by atoms with Gasteiger partial charge < -0.3 is 9.47 Å². The van der Waals surface area contributed by atoms with E-state index in [9.17, 15) is 0 Å². The van der Waals surface area contributed by atoms with Gasteiger partial charge in [-0.1, -0.05) is 0 Å². The molecule has 2 heterocycles. The Bertz CT molecular complexity index is 144. The van der Waals surface area contributed by atoms with E-state index >= 15 is 0 Å². The summed E-state index contributed by atoms with van der Waals surface area (Å²) in [6, 6.07) is 0. The van der Waals surface area contributed by atoms with Crippen molar-refractivity contribution in [1.29, 1.82) is 0 Å². The maximum absolute atomic E-state index is 5.53. The van der Waals surface area contributed by atoms with Crippen LogP contribution in [0.2, 0.25) is 0 Å². The zero-order valence-electron chi connectivity index (χ0n) is 5.25. The largest absolute Gasteiger partial charge is 0.347 e. The number of epoxide rings is 1. The summed E-state index contributed by atoms with van der Waals surface area (Å²) in [6.45, 7) is 0. The second-order valence-corrected chi connectivity index (χ2v) is 3.30. The molecule has 0 aromatic rings. The fraction of sp³-hybridized carbons (Fsp3) is 1.00. The van der Waals surface area contributed by atoms with Gasteiger partial charge in [0.2, 0.25) is 0 Å². The number of hydrogen-bond donors (Lipinski definition) is 0. The van der Waals surface area contributed by atoms with E-state index in [4.69, 9.17) is 9.47 Å². The Balaban J connectivity index is 1.90. The molecule has 2 saturated heterocycles. The Morgan fingerprint density at radius 2 is 2.11 bits per heavy atom. The van der Waals surface area contributed by atoms with E-state index in [1.165, 1.54) is 19.3 Å². The van der Waals surface area contributed by atoms with Crippen LogP contribution in [0.1, 0.15) is 19.3 Å². The molecule has 3 rings (SSSR count). The van der Waals surface area contributed by atoms with Gasteiger partial charge in [-0.3, -0.25) is 0 Å². The van der Waals surface area contributed by atoms with Crippen LogP contribution in [0, 0.1) is 5.92 Å². The van der Waals surface area contributed by atoms with Gasteiger partial charge in [0, 0.05) is 0 Å². The summed E-state index contributed by atoms with van der Waals surface area (Å²) in [5.74, 6) is 0.855. The molecule has 1 saturated carbocycles. The second kappa shape index (κ2) is 1.32. The third-order valence-corrected chi connectivity index (χ3v) is 2.70. The molecule has 0 aromatic heterocycles. The topological polar surface area (TPSA) is 21.8 Å². The van der Waals surface area contributed by atoms with Gasteiger partial charge in [0.15, 0.2) is 6.29 Å². The summed E-state index contributed by atoms with van der Waals surface area (Å²) in [5.41, 5.74) is 0. The highest BCUT2D eigenvalue weighted by Crippen LogP contribution is 2.47. The molecule has 50 valence electrons. The highest BCUT2D eigenvalue weighted by atomic mass is 16.8. The lowest BCUT2D eigenvalue weighted by atomic mass is 10.0. The molecular formula is C7H10O2. The average Bonchev–Trinajstić information content (AvgIpc) is 2.50. The predicted octanol–water partition coefficient (Wildman–Crippen LogP) is 0.910. The van der Waals surface area contributed by atoms with Crippen LogP contribution < -0.4 is 0 Å². The van der Waals surface area contributed by atoms with E-state index in [2.05, 4.69) is 0 Å². The van der Waals surface area contributed by atoms with Gasteiger partial charge in [-0.05, 0) is 25.2 Å². The third kappa shape index (κ3) is 0.528. The van der Waals surface area contributed by atoms with Gasteiger partial charge in [0.1, 0.15) is 6.10 Å². The standard InChI is InChI=1S/C7H10O2/c1-2-5-3-4(1)6-7(8-5)9-6/h4-7H,1-3H2. The first-order chi connectivity index (χ1) is 4.43. The van der Waals surface area contributed by atoms with Crippen molar-refractivity contribution in [2.24, 2.45) is 5.92 Å². The molecule has 2 bridgehead atoms. The van der Waals surface area contributed by atoms with E-state index in [1.807, 2.05) is 0 Å². The minimum absolute atomic E-state index is 0.219. The molecule has 1 aliphatic carbocycles. The maximum Gasteiger partial charge on any atom is 0.184 e. The van der Waals surface area contributed by atoms with Crippen molar-refractivity contribution in [3.8, 4) is 0 Å². The normalized spacial score (nSPS) is 61.3. The van der Waals surface area contributed by atoms with Crippen LogP contribution in [-0.2, 0) is 9.47 Å². The summed E-state index contributed by atoms with van der Waals surface area (Å²) in [5, 5.41) is 0. The second-order valence-electron chi connectivity index (χ2n) is 3.30. The smallest absolute Gasteiger partial charge is 0.184 e. The SMILES string of the molecule is C1CC2CC1OC1OC21. The number of rotatable bonds is 0. The molecule has 9 heavy (non-hydrogen) atoms. The molecule has 3 aliphatic rings. The van der Waals surface area contributed by atoms with Crippen molar-refractivity contribution in [3.63, 3.8) is 0 Å². The number of hydrogen-bond acceptors (Lipinski definition) is 2. The Hall–Kier alpha value is -0.0800. The van der Waals surface area contributed by atoms with Gasteiger partial charge in [0.25, 0.3) is 0 Å². The van der Waals surface area contributed by atoms with Crippen LogP contribution in [0.15, 0.2) is 0 Å². The maximum atomic E-state index is 5.53. The minimum Gasteiger partial charge on any atom is -0.347 e. The Labute approximate surface area is 54.1 Å². The first-order valence-electron chi connectivity index (χ1n) is 3.74. The van der Waals surface area contributed by atoms with Gasteiger partial charge >= 0.3 is 0 Å². The molecule has 0 radical (unpaired) electrons. The fourth-order valence-corrected chi connectivity index (χ4v) is 2.14. The van der Waals surface area contributed by atoms with E-state index in [1.54, 1.807) is 0 Å². The van der Waals surface area contributed by atoms with Crippen molar-refractivity contribution in [2.75, 3.05) is 0 Å². The van der Waals surface area contributed by atoms with Gasteiger partial charge in [-0.25, -0.2) is 0 Å². The van der Waals surface area contributed by atoms with Crippen LogP contribution in [0.4, 0.5) is 0 Å². The Morgan fingerprint density at radius 3 is 3.11 bits per heavy atom. The Morgan fingerprint density at radius 1 is 1.11 bits per heavy atom. The molecule has 2 heteroatoms. The predicted molar refractivity (Wildman–Crippen MR) is 30.9 cm³/mol. The lowest BCUT2D eigenvalue weighted by Gasteiger charge is -2.13. The van der Waals surface area contributed by atoms with Gasteiger partial charge in [-0.15, -0.1) is 0 Å². The highest BCUT2D eigenvalue weighted by Gasteiger charge is 2.54. The molecule has 0 amide bonds. The van der Waals surface area contributed by atoms with Crippen molar-refractivity contribution >= 4 is 0 Å². The summed E-state index contributed by atoms with van der Waals surface area (Å²) in [6.07, 6.45) is 5.16. The van der Waals surface area contributed by atoms with E-state index in [0.717, 1.165) is 5.92 Å². The van der Waals surface area contributed by atoms with Crippen LogP contribution >= 0.6 is 0 Å². The average molecular weight is 126 g/mol. The van der Waals surface area contributed by atoms with Crippen LogP contribution in [0.3, 0.4) is 0 Å². The lowest BCUT2D eigenvalue weighted by Crippen LogP contribution is -2.20. The first kappa shape index (κ1) is 4.69. The first-order valence-corrected chi connectivity index (χ1v) is 3.74. The molecule has 4 unspecified atom stereocenters. The highest BCUT2D eigenvalue weighted by molar-refractivity contribution is 4.95. The van der Waals surface area contributed by atoms with E-state index in [0.29, 0.717) is 12.2 Å². The summed E-state index contributed by atoms with van der Waals surface area (Å²) < 4.78 is 10.8. The fourth-order valence-electron chi connectivity index (χ4n) is 2.14. The molecule has 2 nitrogen and oxygen atoms in total. The third-order valence-electron chi connectivity index (χ3n) is 2.70. The molecular weight excluding hydrogens is 116 g/mol. The van der Waals surface area contributed by atoms with Crippen molar-refractivity contribution < 1.29 is 9.47 Å². The quantitative estimate of drug-likeness (QED) is 0.450. The molecule has 2 aliphatic heterocycles. The number of fused-ring (bicyclic) bond motifs is 4. The molecule has 3 fully saturated rings. The lowest BCUT2D eigenvalue weighted by molar-refractivity contribution is -0.0127. The zero-order valence-corrected chi connectivity index (χ0v) is 5.25.